The zero-order chi connectivity index (χ0) is 21.1. The molecule has 1 fully saturated rings. The zero-order valence-corrected chi connectivity index (χ0v) is 17.1. The van der Waals surface area contributed by atoms with Gasteiger partial charge < -0.3 is 16.0 Å². The molecule has 4 heterocycles. The van der Waals surface area contributed by atoms with Crippen molar-refractivity contribution in [2.75, 3.05) is 18.4 Å². The summed E-state index contributed by atoms with van der Waals surface area (Å²) < 4.78 is 1.86. The molecule has 0 spiro atoms. The lowest BCUT2D eigenvalue weighted by molar-refractivity contribution is 0.0930. The summed E-state index contributed by atoms with van der Waals surface area (Å²) in [5.41, 5.74) is 2.49. The van der Waals surface area contributed by atoms with Gasteiger partial charge in [-0.15, -0.1) is 0 Å². The molecule has 3 aromatic rings. The third-order valence-electron chi connectivity index (χ3n) is 5.16. The van der Waals surface area contributed by atoms with Crippen molar-refractivity contribution in [2.24, 2.45) is 0 Å². The van der Waals surface area contributed by atoms with Gasteiger partial charge in [0.25, 0.3) is 5.91 Å². The third-order valence-corrected chi connectivity index (χ3v) is 5.16. The van der Waals surface area contributed by atoms with Crippen LogP contribution in [0.15, 0.2) is 36.8 Å². The molecule has 0 aliphatic carbocycles. The summed E-state index contributed by atoms with van der Waals surface area (Å²) >= 11 is 0. The Hall–Kier alpha value is -3.44. The molecule has 0 aromatic carbocycles. The first-order valence-electron chi connectivity index (χ1n) is 10.2. The number of pyridine rings is 2. The Morgan fingerprint density at radius 3 is 2.80 bits per heavy atom. The fraction of sp³-hybridized carbons (Fsp3) is 0.364. The molecule has 0 saturated carbocycles. The van der Waals surface area contributed by atoms with Crippen LogP contribution < -0.4 is 16.0 Å². The van der Waals surface area contributed by atoms with E-state index in [9.17, 15) is 4.79 Å². The molecule has 0 atom stereocenters. The number of fused-ring (bicyclic) bond motifs is 1. The number of nitrogens with zero attached hydrogens (tertiary/aromatic N) is 4. The molecule has 1 aliphatic heterocycles. The van der Waals surface area contributed by atoms with Crippen LogP contribution in [0.1, 0.15) is 42.6 Å². The highest BCUT2D eigenvalue weighted by Crippen LogP contribution is 2.23. The molecule has 1 saturated heterocycles. The highest BCUT2D eigenvalue weighted by molar-refractivity contribution is 5.99. The minimum absolute atomic E-state index is 0.113. The minimum atomic E-state index is -0.113. The summed E-state index contributed by atoms with van der Waals surface area (Å²) in [7, 11) is 0. The van der Waals surface area contributed by atoms with Gasteiger partial charge in [0.15, 0.2) is 0 Å². The summed E-state index contributed by atoms with van der Waals surface area (Å²) in [6.07, 6.45) is 6.89. The van der Waals surface area contributed by atoms with Gasteiger partial charge in [0.05, 0.1) is 16.8 Å². The van der Waals surface area contributed by atoms with Crippen LogP contribution in [0.5, 0.6) is 0 Å². The van der Waals surface area contributed by atoms with Gasteiger partial charge in [-0.05, 0) is 51.9 Å². The Bertz CT molecular complexity index is 1110. The van der Waals surface area contributed by atoms with Gasteiger partial charge in [-0.25, -0.2) is 9.97 Å². The minimum Gasteiger partial charge on any atom is -0.382 e. The molecular formula is C22H25N7O. The zero-order valence-electron chi connectivity index (χ0n) is 17.1. The number of hydrogen-bond acceptors (Lipinski definition) is 6. The maximum absolute atomic E-state index is 12.9. The second-order valence-corrected chi connectivity index (χ2v) is 7.82. The van der Waals surface area contributed by atoms with Gasteiger partial charge in [0, 0.05) is 42.1 Å². The molecule has 154 valence electrons. The number of hydrogen-bond donors (Lipinski definition) is 3. The fourth-order valence-electron chi connectivity index (χ4n) is 3.69. The summed E-state index contributed by atoms with van der Waals surface area (Å²) in [6.45, 7) is 5.90. The van der Waals surface area contributed by atoms with E-state index in [-0.39, 0.29) is 18.0 Å². The molecule has 4 rings (SSSR count). The molecular weight excluding hydrogens is 378 g/mol. The van der Waals surface area contributed by atoms with Crippen LogP contribution in [0.4, 0.5) is 5.69 Å². The molecule has 8 heteroatoms. The van der Waals surface area contributed by atoms with Crippen molar-refractivity contribution in [2.45, 2.75) is 38.8 Å². The van der Waals surface area contributed by atoms with Gasteiger partial charge in [0.1, 0.15) is 17.5 Å². The Balaban J connectivity index is 1.67. The summed E-state index contributed by atoms with van der Waals surface area (Å²) in [5, 5.41) is 19.8. The van der Waals surface area contributed by atoms with Gasteiger partial charge in [-0.1, -0.05) is 0 Å². The van der Waals surface area contributed by atoms with E-state index in [4.69, 9.17) is 5.26 Å². The van der Waals surface area contributed by atoms with Crippen LogP contribution in [-0.2, 0) is 0 Å². The summed E-state index contributed by atoms with van der Waals surface area (Å²) in [5.74, 6) is 0.544. The normalized spacial score (nSPS) is 14.6. The highest BCUT2D eigenvalue weighted by atomic mass is 16.1. The third kappa shape index (κ3) is 4.11. The maximum atomic E-state index is 12.9. The summed E-state index contributed by atoms with van der Waals surface area (Å²) in [4.78, 5) is 21.9. The number of piperidine rings is 1. The average Bonchev–Trinajstić information content (AvgIpc) is 3.17. The first-order chi connectivity index (χ1) is 14.5. The molecule has 30 heavy (non-hydrogen) atoms. The van der Waals surface area contributed by atoms with Crippen molar-refractivity contribution in [1.29, 1.82) is 5.26 Å². The lowest BCUT2D eigenvalue weighted by atomic mass is 10.1. The van der Waals surface area contributed by atoms with E-state index < -0.39 is 0 Å². The average molecular weight is 403 g/mol. The topological polar surface area (TPSA) is 108 Å². The molecule has 0 bridgehead atoms. The lowest BCUT2D eigenvalue weighted by Gasteiger charge is -2.24. The molecule has 0 unspecified atom stereocenters. The Morgan fingerprint density at radius 1 is 1.27 bits per heavy atom. The van der Waals surface area contributed by atoms with Crippen LogP contribution in [0.25, 0.3) is 16.9 Å². The van der Waals surface area contributed by atoms with Gasteiger partial charge in [-0.3, -0.25) is 9.36 Å². The van der Waals surface area contributed by atoms with Gasteiger partial charge >= 0.3 is 0 Å². The van der Waals surface area contributed by atoms with Crippen molar-refractivity contribution in [3.05, 3.63) is 47.9 Å². The van der Waals surface area contributed by atoms with E-state index in [1.807, 2.05) is 36.7 Å². The summed E-state index contributed by atoms with van der Waals surface area (Å²) in [6, 6.07) is 8.01. The fourth-order valence-corrected chi connectivity index (χ4v) is 3.69. The number of carbonyl (C=O) groups is 1. The molecule has 0 radical (unpaired) electrons. The predicted molar refractivity (Wildman–Crippen MR) is 116 cm³/mol. The van der Waals surface area contributed by atoms with Crippen LogP contribution in [0.2, 0.25) is 0 Å². The van der Waals surface area contributed by atoms with Crippen LogP contribution in [0.3, 0.4) is 0 Å². The largest absolute Gasteiger partial charge is 0.382 e. The van der Waals surface area contributed by atoms with E-state index in [1.165, 1.54) is 0 Å². The Labute approximate surface area is 175 Å². The lowest BCUT2D eigenvalue weighted by Crippen LogP contribution is -2.43. The molecule has 1 amide bonds. The number of rotatable bonds is 5. The van der Waals surface area contributed by atoms with E-state index in [0.717, 1.165) is 37.0 Å². The molecule has 1 aliphatic rings. The first-order valence-corrected chi connectivity index (χ1v) is 10.2. The number of nitriles is 1. The van der Waals surface area contributed by atoms with Crippen molar-refractivity contribution in [1.82, 2.24) is 25.2 Å². The van der Waals surface area contributed by atoms with Crippen molar-refractivity contribution in [3.63, 3.8) is 0 Å². The Morgan fingerprint density at radius 2 is 2.07 bits per heavy atom. The van der Waals surface area contributed by atoms with E-state index in [0.29, 0.717) is 22.6 Å². The number of nitrogens with one attached hydrogen (secondary N) is 3. The number of anilines is 1. The van der Waals surface area contributed by atoms with Crippen molar-refractivity contribution >= 4 is 22.6 Å². The van der Waals surface area contributed by atoms with Crippen LogP contribution >= 0.6 is 0 Å². The predicted octanol–water partition coefficient (Wildman–Crippen LogP) is 2.59. The Kier molecular flexibility index (Phi) is 5.63. The monoisotopic (exact) mass is 403 g/mol. The number of carbonyl (C=O) groups excluding carboxylic acids is 1. The SMILES string of the molecule is CC(C)Nc1cc(-n2ccc3cc(C#N)cnc32)ncc1C(=O)NC1CCNCC1. The molecule has 3 N–H and O–H groups in total. The molecule has 8 nitrogen and oxygen atoms in total. The van der Waals surface area contributed by atoms with Gasteiger partial charge in [0.2, 0.25) is 0 Å². The van der Waals surface area contributed by atoms with Gasteiger partial charge in [-0.2, -0.15) is 5.26 Å². The maximum Gasteiger partial charge on any atom is 0.255 e. The molecule has 3 aromatic heterocycles. The quantitative estimate of drug-likeness (QED) is 0.604. The van der Waals surface area contributed by atoms with Crippen molar-refractivity contribution < 1.29 is 4.79 Å². The van der Waals surface area contributed by atoms with Crippen molar-refractivity contribution in [3.8, 4) is 11.9 Å². The van der Waals surface area contributed by atoms with Crippen LogP contribution in [0, 0.1) is 11.3 Å². The standard InChI is InChI=1S/C22H25N7O/c1-14(2)27-19-10-20(29-8-5-16-9-15(11-23)12-26-21(16)29)25-13-18(19)22(30)28-17-3-6-24-7-4-17/h5,8-10,12-14,17,24H,3-4,6-7H2,1-2H3,(H,25,27)(H,28,30). The van der Waals surface area contributed by atoms with Crippen LogP contribution in [-0.4, -0.2) is 45.6 Å². The second kappa shape index (κ2) is 8.51. The second-order valence-electron chi connectivity index (χ2n) is 7.82. The number of amides is 1. The number of aromatic nitrogens is 3. The van der Waals surface area contributed by atoms with E-state index in [2.05, 4.69) is 32.0 Å². The highest BCUT2D eigenvalue weighted by Gasteiger charge is 2.20. The van der Waals surface area contributed by atoms with E-state index in [1.54, 1.807) is 18.5 Å². The van der Waals surface area contributed by atoms with E-state index >= 15 is 0 Å². The smallest absolute Gasteiger partial charge is 0.255 e. The first kappa shape index (κ1) is 19.9.